The van der Waals surface area contributed by atoms with E-state index >= 15 is 0 Å². The van der Waals surface area contributed by atoms with Crippen LogP contribution in [0.1, 0.15) is 64.3 Å². The number of carbonyl (C=O) groups is 2. The highest BCUT2D eigenvalue weighted by Crippen LogP contribution is 2.51. The van der Waals surface area contributed by atoms with Crippen molar-refractivity contribution in [2.75, 3.05) is 0 Å². The van der Waals surface area contributed by atoms with Gasteiger partial charge in [-0.25, -0.2) is 9.59 Å². The minimum atomic E-state index is -0.500. The Balaban J connectivity index is 1.96. The highest BCUT2D eigenvalue weighted by Gasteiger charge is 2.54. The van der Waals surface area contributed by atoms with E-state index in [1.807, 2.05) is 27.0 Å². The van der Waals surface area contributed by atoms with Crippen molar-refractivity contribution in [3.63, 3.8) is 0 Å². The highest BCUT2D eigenvalue weighted by molar-refractivity contribution is 5.88. The van der Waals surface area contributed by atoms with Crippen molar-refractivity contribution >= 4 is 11.9 Å². The lowest BCUT2D eigenvalue weighted by molar-refractivity contribution is -0.189. The molecule has 1 fully saturated rings. The molecule has 1 saturated carbocycles. The van der Waals surface area contributed by atoms with Gasteiger partial charge in [0.15, 0.2) is 0 Å². The van der Waals surface area contributed by atoms with Crippen molar-refractivity contribution < 1.29 is 23.5 Å². The van der Waals surface area contributed by atoms with Crippen LogP contribution in [0.15, 0.2) is 34.0 Å². The van der Waals surface area contributed by atoms with Crippen molar-refractivity contribution in [2.24, 2.45) is 11.3 Å². The molecule has 2 aliphatic rings. The monoisotopic (exact) mass is 400 g/mol. The van der Waals surface area contributed by atoms with Gasteiger partial charge in [-0.2, -0.15) is 0 Å². The van der Waals surface area contributed by atoms with Crippen LogP contribution in [0.25, 0.3) is 0 Å². The van der Waals surface area contributed by atoms with E-state index in [1.54, 1.807) is 26.0 Å². The quantitative estimate of drug-likeness (QED) is 0.533. The Morgan fingerprint density at radius 2 is 1.72 bits per heavy atom. The second-order valence-electron chi connectivity index (χ2n) is 8.69. The molecule has 5 heteroatoms. The Morgan fingerprint density at radius 3 is 2.34 bits per heavy atom. The van der Waals surface area contributed by atoms with Gasteiger partial charge in [0.1, 0.15) is 18.0 Å². The smallest absolute Gasteiger partial charge is 0.333 e. The molecule has 1 aromatic rings. The van der Waals surface area contributed by atoms with E-state index in [-0.39, 0.29) is 17.4 Å². The van der Waals surface area contributed by atoms with Crippen LogP contribution < -0.4 is 0 Å². The fourth-order valence-corrected chi connectivity index (χ4v) is 4.63. The molecule has 0 amide bonds. The van der Waals surface area contributed by atoms with Gasteiger partial charge in [-0.3, -0.25) is 0 Å². The van der Waals surface area contributed by atoms with Gasteiger partial charge in [0.25, 0.3) is 0 Å². The van der Waals surface area contributed by atoms with Crippen molar-refractivity contribution in [3.8, 4) is 0 Å². The largest absolute Gasteiger partial charge is 0.469 e. The van der Waals surface area contributed by atoms with Gasteiger partial charge in [-0.15, -0.1) is 0 Å². The first-order chi connectivity index (χ1) is 13.7. The average molecular weight is 401 g/mol. The van der Waals surface area contributed by atoms with E-state index in [4.69, 9.17) is 13.9 Å². The van der Waals surface area contributed by atoms with E-state index in [0.29, 0.717) is 23.5 Å². The van der Waals surface area contributed by atoms with Crippen molar-refractivity contribution in [1.82, 2.24) is 0 Å². The summed E-state index contributed by atoms with van der Waals surface area (Å²) in [7, 11) is 0. The number of furan rings is 1. The van der Waals surface area contributed by atoms with Crippen molar-refractivity contribution in [1.29, 1.82) is 0 Å². The van der Waals surface area contributed by atoms with Gasteiger partial charge in [0, 0.05) is 23.0 Å². The van der Waals surface area contributed by atoms with Gasteiger partial charge in [-0.1, -0.05) is 19.1 Å². The van der Waals surface area contributed by atoms with Crippen LogP contribution in [0.2, 0.25) is 0 Å². The maximum absolute atomic E-state index is 12.7. The normalized spacial score (nSPS) is 29.7. The van der Waals surface area contributed by atoms with Crippen LogP contribution in [0, 0.1) is 18.3 Å². The molecule has 2 aliphatic carbocycles. The molecule has 0 N–H and O–H groups in total. The first-order valence-corrected chi connectivity index (χ1v) is 10.4. The summed E-state index contributed by atoms with van der Waals surface area (Å²) in [5.74, 6) is 0.652. The number of ether oxygens (including phenoxy) is 2. The summed E-state index contributed by atoms with van der Waals surface area (Å²) < 4.78 is 17.7. The zero-order chi connectivity index (χ0) is 21.3. The SMILES string of the molecule is C/C=C(\C)C(=O)O[C@H]1CC[C@H]2Cc3occ(C)c3C[C@]2(C)[C@H]1OC(=O)/C(C)=C/C. The number of allylic oxidation sites excluding steroid dienone is 2. The molecular formula is C24H32O5. The van der Waals surface area contributed by atoms with Crippen molar-refractivity contribution in [3.05, 3.63) is 46.4 Å². The molecule has 0 unspecified atom stereocenters. The molecule has 1 heterocycles. The minimum absolute atomic E-state index is 0.307. The third-order valence-electron chi connectivity index (χ3n) is 6.90. The van der Waals surface area contributed by atoms with E-state index < -0.39 is 12.2 Å². The predicted octanol–water partition coefficient (Wildman–Crippen LogP) is 4.86. The second-order valence-corrected chi connectivity index (χ2v) is 8.69. The van der Waals surface area contributed by atoms with Crippen LogP contribution in [0.4, 0.5) is 0 Å². The van der Waals surface area contributed by atoms with Crippen LogP contribution in [-0.4, -0.2) is 24.1 Å². The lowest BCUT2D eigenvalue weighted by Gasteiger charge is -2.51. The molecule has 0 aromatic carbocycles. The maximum atomic E-state index is 12.7. The Hall–Kier alpha value is -2.30. The average Bonchev–Trinajstić information content (AvgIpc) is 3.06. The second kappa shape index (κ2) is 8.21. The standard InChI is InChI=1S/C24H32O5/c1-7-14(3)22(25)28-19-10-9-17-11-20-18(16(5)13-27-20)12-24(17,6)21(19)29-23(26)15(4)8-2/h7-8,13,17,19,21H,9-12H2,1-6H3/b14-7+,15-8+/t17-,19-,21-,24-/m0/s1. The van der Waals surface area contributed by atoms with Crippen LogP contribution in [0.3, 0.4) is 0 Å². The summed E-state index contributed by atoms with van der Waals surface area (Å²) in [6, 6.07) is 0. The molecule has 0 bridgehead atoms. The molecule has 158 valence electrons. The number of fused-ring (bicyclic) bond motifs is 2. The predicted molar refractivity (Wildman–Crippen MR) is 110 cm³/mol. The number of hydrogen-bond donors (Lipinski definition) is 0. The molecule has 0 aliphatic heterocycles. The molecule has 5 nitrogen and oxygen atoms in total. The van der Waals surface area contributed by atoms with Gasteiger partial charge >= 0.3 is 11.9 Å². The van der Waals surface area contributed by atoms with E-state index in [2.05, 4.69) is 6.92 Å². The third kappa shape index (κ3) is 3.92. The molecule has 0 saturated heterocycles. The van der Waals surface area contributed by atoms with E-state index in [9.17, 15) is 9.59 Å². The molecule has 0 spiro atoms. The molecule has 0 radical (unpaired) electrons. The molecule has 1 aromatic heterocycles. The van der Waals surface area contributed by atoms with Gasteiger partial charge in [0.2, 0.25) is 0 Å². The lowest BCUT2D eigenvalue weighted by Crippen LogP contribution is -2.56. The summed E-state index contributed by atoms with van der Waals surface area (Å²) in [6.07, 6.45) is 7.48. The number of rotatable bonds is 4. The summed E-state index contributed by atoms with van der Waals surface area (Å²) >= 11 is 0. The molecular weight excluding hydrogens is 368 g/mol. The number of carbonyl (C=O) groups excluding carboxylic acids is 2. The Kier molecular flexibility index (Phi) is 6.06. The van der Waals surface area contributed by atoms with Crippen LogP contribution >= 0.6 is 0 Å². The van der Waals surface area contributed by atoms with E-state index in [1.165, 1.54) is 5.56 Å². The first-order valence-electron chi connectivity index (χ1n) is 10.4. The lowest BCUT2D eigenvalue weighted by atomic mass is 9.58. The van der Waals surface area contributed by atoms with Crippen LogP contribution in [0.5, 0.6) is 0 Å². The van der Waals surface area contributed by atoms with Gasteiger partial charge in [0.05, 0.1) is 6.26 Å². The zero-order valence-electron chi connectivity index (χ0n) is 18.3. The Morgan fingerprint density at radius 1 is 1.10 bits per heavy atom. The summed E-state index contributed by atoms with van der Waals surface area (Å²) in [4.78, 5) is 25.2. The molecule has 29 heavy (non-hydrogen) atoms. The zero-order valence-corrected chi connectivity index (χ0v) is 18.3. The summed E-state index contributed by atoms with van der Waals surface area (Å²) in [5.41, 5.74) is 3.12. The fourth-order valence-electron chi connectivity index (χ4n) is 4.63. The third-order valence-corrected chi connectivity index (χ3v) is 6.90. The number of esters is 2. The number of hydrogen-bond acceptors (Lipinski definition) is 5. The maximum Gasteiger partial charge on any atom is 0.333 e. The van der Waals surface area contributed by atoms with Crippen molar-refractivity contribution in [2.45, 2.75) is 79.4 Å². The summed E-state index contributed by atoms with van der Waals surface area (Å²) in [5, 5.41) is 0. The first kappa shape index (κ1) is 21.4. The topological polar surface area (TPSA) is 65.7 Å². The van der Waals surface area contributed by atoms with Gasteiger partial charge < -0.3 is 13.9 Å². The van der Waals surface area contributed by atoms with Crippen LogP contribution in [-0.2, 0) is 31.9 Å². The highest BCUT2D eigenvalue weighted by atomic mass is 16.6. The number of aryl methyl sites for hydroxylation is 1. The molecule has 3 rings (SSSR count). The Bertz CT molecular complexity index is 859. The van der Waals surface area contributed by atoms with E-state index in [0.717, 1.165) is 30.6 Å². The fraction of sp³-hybridized carbons (Fsp3) is 0.583. The minimum Gasteiger partial charge on any atom is -0.469 e. The summed E-state index contributed by atoms with van der Waals surface area (Å²) in [6.45, 7) is 11.3. The molecule has 4 atom stereocenters. The van der Waals surface area contributed by atoms with Gasteiger partial charge in [-0.05, 0) is 70.9 Å². The Labute approximate surface area is 173 Å².